The highest BCUT2D eigenvalue weighted by molar-refractivity contribution is 7.89. The molecule has 0 bridgehead atoms. The van der Waals surface area contributed by atoms with E-state index in [4.69, 9.17) is 15.7 Å². The third-order valence-corrected chi connectivity index (χ3v) is 4.62. The molecule has 0 unspecified atom stereocenters. The van der Waals surface area contributed by atoms with Gasteiger partial charge in [-0.1, -0.05) is 11.2 Å². The van der Waals surface area contributed by atoms with Gasteiger partial charge in [0.15, 0.2) is 0 Å². The van der Waals surface area contributed by atoms with Gasteiger partial charge in [-0.15, -0.1) is 0 Å². The number of halogens is 1. The van der Waals surface area contributed by atoms with Gasteiger partial charge in [-0.3, -0.25) is 0 Å². The molecule has 9 heteroatoms. The summed E-state index contributed by atoms with van der Waals surface area (Å²) < 4.78 is 44.1. The lowest BCUT2D eigenvalue weighted by atomic mass is 10.4. The van der Waals surface area contributed by atoms with E-state index in [1.54, 1.807) is 0 Å². The Morgan fingerprint density at radius 1 is 1.48 bits per heavy atom. The van der Waals surface area contributed by atoms with E-state index in [0.717, 1.165) is 16.4 Å². The maximum absolute atomic E-state index is 13.2. The smallest absolute Gasteiger partial charge is 0.243 e. The van der Waals surface area contributed by atoms with E-state index in [1.807, 2.05) is 0 Å². The van der Waals surface area contributed by atoms with Gasteiger partial charge in [-0.05, 0) is 18.2 Å². The van der Waals surface area contributed by atoms with Gasteiger partial charge in [0.2, 0.25) is 10.0 Å². The number of hydrogen-bond donors (Lipinski definition) is 2. The van der Waals surface area contributed by atoms with Crippen LogP contribution >= 0.6 is 0 Å². The molecule has 0 aliphatic carbocycles. The Labute approximate surface area is 122 Å². The molecule has 0 fully saturated rings. The van der Waals surface area contributed by atoms with Gasteiger partial charge in [0.25, 0.3) is 0 Å². The first-order chi connectivity index (χ1) is 9.91. The third-order valence-electron chi connectivity index (χ3n) is 2.72. The predicted molar refractivity (Wildman–Crippen MR) is 75.1 cm³/mol. The number of sulfonamides is 1. The second kappa shape index (κ2) is 7.91. The Morgan fingerprint density at radius 2 is 2.19 bits per heavy atom. The minimum atomic E-state index is -3.88. The van der Waals surface area contributed by atoms with Crippen molar-refractivity contribution in [3.8, 4) is 0 Å². The molecular weight excluding hydrogens is 301 g/mol. The topological polar surface area (TPSA) is 105 Å². The van der Waals surface area contributed by atoms with E-state index in [-0.39, 0.29) is 36.8 Å². The van der Waals surface area contributed by atoms with Crippen molar-refractivity contribution in [3.05, 3.63) is 30.1 Å². The number of benzene rings is 1. The van der Waals surface area contributed by atoms with E-state index in [0.29, 0.717) is 0 Å². The number of nitrogens with two attached hydrogens (primary N) is 1. The number of nitrogens with zero attached hydrogens (tertiary/aromatic N) is 2. The second-order valence-corrected chi connectivity index (χ2v) is 6.13. The van der Waals surface area contributed by atoms with Crippen LogP contribution in [-0.2, 0) is 14.8 Å². The monoisotopic (exact) mass is 319 g/mol. The summed E-state index contributed by atoms with van der Waals surface area (Å²) in [5.74, 6) is -0.730. The van der Waals surface area contributed by atoms with Crippen molar-refractivity contribution in [3.63, 3.8) is 0 Å². The van der Waals surface area contributed by atoms with Crippen LogP contribution in [0.15, 0.2) is 34.3 Å². The fourth-order valence-electron chi connectivity index (χ4n) is 1.61. The van der Waals surface area contributed by atoms with Crippen LogP contribution in [0, 0.1) is 5.82 Å². The van der Waals surface area contributed by atoms with Gasteiger partial charge in [-0.2, -0.15) is 4.31 Å². The van der Waals surface area contributed by atoms with E-state index >= 15 is 0 Å². The summed E-state index contributed by atoms with van der Waals surface area (Å²) >= 11 is 0. The Balaban J connectivity index is 2.99. The second-order valence-electron chi connectivity index (χ2n) is 4.20. The highest BCUT2D eigenvalue weighted by Gasteiger charge is 2.24. The van der Waals surface area contributed by atoms with Crippen LogP contribution in [0.1, 0.15) is 6.42 Å². The lowest BCUT2D eigenvalue weighted by Crippen LogP contribution is -2.36. The van der Waals surface area contributed by atoms with Crippen molar-refractivity contribution in [2.45, 2.75) is 11.3 Å². The lowest BCUT2D eigenvalue weighted by Gasteiger charge is -2.21. The van der Waals surface area contributed by atoms with Crippen LogP contribution in [0.5, 0.6) is 0 Å². The van der Waals surface area contributed by atoms with Crippen LogP contribution < -0.4 is 5.73 Å². The highest BCUT2D eigenvalue weighted by atomic mass is 32.2. The average Bonchev–Trinajstić information content (AvgIpc) is 2.46. The van der Waals surface area contributed by atoms with Gasteiger partial charge >= 0.3 is 0 Å². The maximum atomic E-state index is 13.2. The lowest BCUT2D eigenvalue weighted by molar-refractivity contribution is 0.179. The predicted octanol–water partition coefficient (Wildman–Crippen LogP) is 0.599. The molecule has 0 heterocycles. The maximum Gasteiger partial charge on any atom is 0.243 e. The molecule has 1 aromatic carbocycles. The van der Waals surface area contributed by atoms with Gasteiger partial charge in [-0.25, -0.2) is 12.8 Å². The number of ether oxygens (including phenoxy) is 1. The van der Waals surface area contributed by atoms with E-state index in [1.165, 1.54) is 19.2 Å². The molecule has 0 radical (unpaired) electrons. The van der Waals surface area contributed by atoms with Gasteiger partial charge in [0, 0.05) is 26.6 Å². The SMILES string of the molecule is COCCN(CCC(N)=NO)S(=O)(=O)c1cccc(F)c1. The zero-order valence-electron chi connectivity index (χ0n) is 11.6. The molecule has 0 aliphatic rings. The zero-order chi connectivity index (χ0) is 15.9. The third kappa shape index (κ3) is 4.96. The van der Waals surface area contributed by atoms with Crippen molar-refractivity contribution < 1.29 is 22.8 Å². The summed E-state index contributed by atoms with van der Waals surface area (Å²) in [6.07, 6.45) is 0.0504. The van der Waals surface area contributed by atoms with Crippen molar-refractivity contribution in [2.75, 3.05) is 26.8 Å². The molecule has 0 amide bonds. The van der Waals surface area contributed by atoms with Crippen LogP contribution in [0.3, 0.4) is 0 Å². The fourth-order valence-corrected chi connectivity index (χ4v) is 3.07. The molecule has 7 nitrogen and oxygen atoms in total. The summed E-state index contributed by atoms with van der Waals surface area (Å²) in [6.45, 7) is 0.247. The van der Waals surface area contributed by atoms with Crippen molar-refractivity contribution >= 4 is 15.9 Å². The molecule has 0 spiro atoms. The summed E-state index contributed by atoms with van der Waals surface area (Å²) in [5, 5.41) is 11.3. The van der Waals surface area contributed by atoms with Crippen molar-refractivity contribution in [1.82, 2.24) is 4.31 Å². The number of methoxy groups -OCH3 is 1. The standard InChI is InChI=1S/C12H18FN3O4S/c1-20-8-7-16(6-5-12(14)15-17)21(18,19)11-4-2-3-10(13)9-11/h2-4,9,17H,5-8H2,1H3,(H2,14,15). The first kappa shape index (κ1) is 17.3. The summed E-state index contributed by atoms with van der Waals surface area (Å²) in [6, 6.07) is 4.73. The minimum Gasteiger partial charge on any atom is -0.409 e. The largest absolute Gasteiger partial charge is 0.409 e. The highest BCUT2D eigenvalue weighted by Crippen LogP contribution is 2.17. The molecule has 3 N–H and O–H groups in total. The van der Waals surface area contributed by atoms with Crippen LogP contribution in [-0.4, -0.2) is 50.6 Å². The summed E-state index contributed by atoms with van der Waals surface area (Å²) in [5.41, 5.74) is 5.34. The van der Waals surface area contributed by atoms with E-state index in [9.17, 15) is 12.8 Å². The van der Waals surface area contributed by atoms with Gasteiger partial charge < -0.3 is 15.7 Å². The molecule has 0 saturated carbocycles. The quantitative estimate of drug-likeness (QED) is 0.316. The molecule has 21 heavy (non-hydrogen) atoms. The molecule has 0 atom stereocenters. The van der Waals surface area contributed by atoms with Crippen LogP contribution in [0.4, 0.5) is 4.39 Å². The van der Waals surface area contributed by atoms with Gasteiger partial charge in [0.1, 0.15) is 11.7 Å². The summed E-state index contributed by atoms with van der Waals surface area (Å²) in [4.78, 5) is -0.155. The molecule has 0 saturated heterocycles. The number of amidine groups is 1. The number of rotatable bonds is 8. The van der Waals surface area contributed by atoms with Crippen LogP contribution in [0.2, 0.25) is 0 Å². The van der Waals surface area contributed by atoms with Crippen LogP contribution in [0.25, 0.3) is 0 Å². The number of hydrogen-bond acceptors (Lipinski definition) is 5. The minimum absolute atomic E-state index is 0.00188. The average molecular weight is 319 g/mol. The first-order valence-corrected chi connectivity index (χ1v) is 7.57. The van der Waals surface area contributed by atoms with E-state index < -0.39 is 15.8 Å². The normalized spacial score (nSPS) is 12.8. The van der Waals surface area contributed by atoms with Gasteiger partial charge in [0.05, 0.1) is 11.5 Å². The Bertz CT molecular complexity index is 592. The Morgan fingerprint density at radius 3 is 2.76 bits per heavy atom. The molecule has 1 aromatic rings. The molecular formula is C12H18FN3O4S. The molecule has 0 aromatic heterocycles. The first-order valence-electron chi connectivity index (χ1n) is 6.13. The van der Waals surface area contributed by atoms with E-state index in [2.05, 4.69) is 5.16 Å². The molecule has 0 aliphatic heterocycles. The number of oxime groups is 1. The Kier molecular flexibility index (Phi) is 6.53. The Hall–Kier alpha value is -1.71. The zero-order valence-corrected chi connectivity index (χ0v) is 12.4. The fraction of sp³-hybridized carbons (Fsp3) is 0.417. The molecule has 1 rings (SSSR count). The van der Waals surface area contributed by atoms with Crippen molar-refractivity contribution in [1.29, 1.82) is 0 Å². The molecule has 118 valence electrons. The summed E-state index contributed by atoms with van der Waals surface area (Å²) in [7, 11) is -2.44. The van der Waals surface area contributed by atoms with Crippen molar-refractivity contribution in [2.24, 2.45) is 10.9 Å².